The number of unbranched alkanes of at least 4 members (excludes halogenated alkanes) is 5. The van der Waals surface area contributed by atoms with E-state index in [0.717, 1.165) is 73.8 Å². The third-order valence-corrected chi connectivity index (χ3v) is 6.48. The fraction of sp³-hybridized carbons (Fsp3) is 0.438. The van der Waals surface area contributed by atoms with Gasteiger partial charge in [-0.1, -0.05) is 50.8 Å². The molecule has 1 heterocycles. The first kappa shape index (κ1) is 31.1. The van der Waals surface area contributed by atoms with Crippen LogP contribution in [0.4, 0.5) is 13.2 Å². The number of hydrogen-bond donors (Lipinski definition) is 0. The zero-order chi connectivity index (χ0) is 28.8. The van der Waals surface area contributed by atoms with E-state index in [-0.39, 0.29) is 12.6 Å². The Bertz CT molecular complexity index is 1150. The van der Waals surface area contributed by atoms with Crippen LogP contribution in [0.1, 0.15) is 69.2 Å². The topological polar surface area (TPSA) is 57.7 Å². The molecule has 216 valence electrons. The third-order valence-electron chi connectivity index (χ3n) is 6.48. The minimum Gasteiger partial charge on any atom is -0.494 e. The number of ether oxygens (including phenoxy) is 3. The van der Waals surface area contributed by atoms with Crippen LogP contribution in [0.15, 0.2) is 66.9 Å². The predicted octanol–water partition coefficient (Wildman–Crippen LogP) is 8.67. The van der Waals surface area contributed by atoms with Crippen molar-refractivity contribution in [2.24, 2.45) is 0 Å². The molecule has 0 amide bonds. The van der Waals surface area contributed by atoms with Gasteiger partial charge in [0.05, 0.1) is 24.5 Å². The van der Waals surface area contributed by atoms with Crippen molar-refractivity contribution in [2.75, 3.05) is 19.8 Å². The lowest BCUT2D eigenvalue weighted by Crippen LogP contribution is -2.28. The summed E-state index contributed by atoms with van der Waals surface area (Å²) in [5.41, 5.74) is 4.25. The van der Waals surface area contributed by atoms with Gasteiger partial charge in [-0.25, -0.2) is 4.79 Å². The molecule has 0 bridgehead atoms. The zero-order valence-corrected chi connectivity index (χ0v) is 23.2. The number of esters is 1. The first-order valence-corrected chi connectivity index (χ1v) is 13.9. The molecule has 8 heteroatoms. The van der Waals surface area contributed by atoms with Gasteiger partial charge >= 0.3 is 12.1 Å². The Labute approximate surface area is 234 Å². The second-order valence-electron chi connectivity index (χ2n) is 9.69. The Morgan fingerprint density at radius 3 is 2.02 bits per heavy atom. The Hall–Kier alpha value is -3.39. The lowest BCUT2D eigenvalue weighted by molar-refractivity contribution is -0.214. The summed E-state index contributed by atoms with van der Waals surface area (Å²) < 4.78 is 53.0. The summed E-state index contributed by atoms with van der Waals surface area (Å²) in [6.07, 6.45) is 1.64. The van der Waals surface area contributed by atoms with E-state index in [1.54, 1.807) is 12.1 Å². The molecule has 0 aliphatic carbocycles. The van der Waals surface area contributed by atoms with Crippen molar-refractivity contribution in [1.29, 1.82) is 0 Å². The van der Waals surface area contributed by atoms with Crippen molar-refractivity contribution in [1.82, 2.24) is 4.98 Å². The monoisotopic (exact) mass is 557 g/mol. The minimum atomic E-state index is -4.31. The van der Waals surface area contributed by atoms with Crippen molar-refractivity contribution in [2.45, 2.75) is 71.1 Å². The highest BCUT2D eigenvalue weighted by molar-refractivity contribution is 5.90. The van der Waals surface area contributed by atoms with E-state index in [2.05, 4.69) is 11.9 Å². The SMILES string of the molecule is CCCCOc1ccc(-c2ccc(-c3ccc(C(=O)OCCCCCCCOC(C)C(F)(F)F)cc3)cn2)cc1. The van der Waals surface area contributed by atoms with Crippen molar-refractivity contribution in [3.05, 3.63) is 72.4 Å². The van der Waals surface area contributed by atoms with E-state index in [9.17, 15) is 18.0 Å². The van der Waals surface area contributed by atoms with Crippen LogP contribution in [-0.4, -0.2) is 43.1 Å². The van der Waals surface area contributed by atoms with Crippen molar-refractivity contribution in [3.8, 4) is 28.1 Å². The largest absolute Gasteiger partial charge is 0.494 e. The van der Waals surface area contributed by atoms with Crippen LogP contribution in [0.5, 0.6) is 5.75 Å². The van der Waals surface area contributed by atoms with Gasteiger partial charge in [-0.3, -0.25) is 4.98 Å². The van der Waals surface area contributed by atoms with Gasteiger partial charge in [0.1, 0.15) is 5.75 Å². The van der Waals surface area contributed by atoms with Crippen LogP contribution in [0, 0.1) is 0 Å². The molecule has 0 saturated carbocycles. The molecule has 1 atom stereocenters. The highest BCUT2D eigenvalue weighted by atomic mass is 19.4. The fourth-order valence-corrected chi connectivity index (χ4v) is 3.93. The zero-order valence-electron chi connectivity index (χ0n) is 23.2. The highest BCUT2D eigenvalue weighted by Gasteiger charge is 2.36. The van der Waals surface area contributed by atoms with Gasteiger partial charge < -0.3 is 14.2 Å². The van der Waals surface area contributed by atoms with E-state index < -0.39 is 12.3 Å². The van der Waals surface area contributed by atoms with Gasteiger partial charge in [-0.2, -0.15) is 13.2 Å². The average Bonchev–Trinajstić information content (AvgIpc) is 2.96. The average molecular weight is 558 g/mol. The summed E-state index contributed by atoms with van der Waals surface area (Å²) >= 11 is 0. The van der Waals surface area contributed by atoms with Gasteiger partial charge in [-0.15, -0.1) is 0 Å². The van der Waals surface area contributed by atoms with Crippen molar-refractivity contribution >= 4 is 5.97 Å². The van der Waals surface area contributed by atoms with Gasteiger partial charge in [0.25, 0.3) is 0 Å². The maximum absolute atomic E-state index is 12.4. The molecule has 1 aromatic heterocycles. The molecule has 40 heavy (non-hydrogen) atoms. The molecule has 0 saturated heterocycles. The molecule has 0 fully saturated rings. The highest BCUT2D eigenvalue weighted by Crippen LogP contribution is 2.25. The van der Waals surface area contributed by atoms with Crippen LogP contribution >= 0.6 is 0 Å². The molecule has 2 aromatic carbocycles. The summed E-state index contributed by atoms with van der Waals surface area (Å²) in [5, 5.41) is 0. The van der Waals surface area contributed by atoms with Crippen LogP contribution in [0.3, 0.4) is 0 Å². The first-order chi connectivity index (χ1) is 19.3. The van der Waals surface area contributed by atoms with Crippen LogP contribution in [-0.2, 0) is 9.47 Å². The number of carbonyl (C=O) groups is 1. The van der Waals surface area contributed by atoms with Crippen molar-refractivity contribution in [3.63, 3.8) is 0 Å². The molecular formula is C32H38F3NO4. The Balaban J connectivity index is 1.36. The molecule has 3 aromatic rings. The standard InChI is InChI=1S/C32H38F3NO4/c1-3-4-20-39-29-17-14-26(15-18-29)30-19-16-28(23-36-30)25-10-12-27(13-11-25)31(37)40-22-9-7-5-6-8-21-38-24(2)32(33,34)35/h10-19,23-24H,3-9,20-22H2,1-2H3. The lowest BCUT2D eigenvalue weighted by atomic mass is 10.0. The molecule has 0 radical (unpaired) electrons. The van der Waals surface area contributed by atoms with Crippen LogP contribution in [0.2, 0.25) is 0 Å². The number of aromatic nitrogens is 1. The second kappa shape index (κ2) is 16.0. The maximum atomic E-state index is 12.4. The molecule has 0 aliphatic heterocycles. The van der Waals surface area contributed by atoms with Crippen molar-refractivity contribution < 1.29 is 32.2 Å². The second-order valence-corrected chi connectivity index (χ2v) is 9.69. The number of hydrogen-bond acceptors (Lipinski definition) is 5. The normalized spacial score (nSPS) is 12.2. The van der Waals surface area contributed by atoms with Gasteiger partial charge in [-0.05, 0) is 74.2 Å². The van der Waals surface area contributed by atoms with Crippen LogP contribution < -0.4 is 4.74 Å². The molecule has 5 nitrogen and oxygen atoms in total. The molecule has 1 unspecified atom stereocenters. The van der Waals surface area contributed by atoms with E-state index in [1.807, 2.05) is 54.7 Å². The first-order valence-electron chi connectivity index (χ1n) is 13.9. The lowest BCUT2D eigenvalue weighted by Gasteiger charge is -2.16. The summed E-state index contributed by atoms with van der Waals surface area (Å²) in [6.45, 7) is 4.27. The van der Waals surface area contributed by atoms with Gasteiger partial charge in [0, 0.05) is 23.9 Å². The Kier molecular flexibility index (Phi) is 12.5. The van der Waals surface area contributed by atoms with Gasteiger partial charge in [0.2, 0.25) is 0 Å². The molecule has 3 rings (SSSR count). The molecule has 0 spiro atoms. The summed E-state index contributed by atoms with van der Waals surface area (Å²) in [7, 11) is 0. The number of rotatable bonds is 16. The predicted molar refractivity (Wildman–Crippen MR) is 150 cm³/mol. The van der Waals surface area contributed by atoms with E-state index >= 15 is 0 Å². The number of halogens is 3. The molecular weight excluding hydrogens is 519 g/mol. The van der Waals surface area contributed by atoms with E-state index in [4.69, 9.17) is 14.2 Å². The third kappa shape index (κ3) is 10.3. The number of alkyl halides is 3. The van der Waals surface area contributed by atoms with Crippen LogP contribution in [0.25, 0.3) is 22.4 Å². The van der Waals surface area contributed by atoms with E-state index in [0.29, 0.717) is 25.0 Å². The Morgan fingerprint density at radius 2 is 1.40 bits per heavy atom. The molecule has 0 aliphatic rings. The maximum Gasteiger partial charge on any atom is 0.414 e. The number of nitrogens with zero attached hydrogens (tertiary/aromatic N) is 1. The molecule has 0 N–H and O–H groups in total. The summed E-state index contributed by atoms with van der Waals surface area (Å²) in [5.74, 6) is 0.478. The quantitative estimate of drug-likeness (QED) is 0.130. The Morgan fingerprint density at radius 1 is 0.775 bits per heavy atom. The number of carbonyl (C=O) groups excluding carboxylic acids is 1. The fourth-order valence-electron chi connectivity index (χ4n) is 3.93. The van der Waals surface area contributed by atoms with Gasteiger partial charge in [0.15, 0.2) is 6.10 Å². The minimum absolute atomic E-state index is 0.0920. The summed E-state index contributed by atoms with van der Waals surface area (Å²) in [6, 6.07) is 19.1. The smallest absolute Gasteiger partial charge is 0.414 e. The number of benzene rings is 2. The summed E-state index contributed by atoms with van der Waals surface area (Å²) in [4.78, 5) is 17.0. The van der Waals surface area contributed by atoms with E-state index in [1.165, 1.54) is 0 Å². The number of pyridine rings is 1.